The van der Waals surface area contributed by atoms with Crippen LogP contribution in [-0.2, 0) is 9.59 Å². The Kier molecular flexibility index (Phi) is 6.00. The molecule has 0 spiro atoms. The van der Waals surface area contributed by atoms with Crippen molar-refractivity contribution in [2.75, 3.05) is 0 Å². The van der Waals surface area contributed by atoms with Crippen molar-refractivity contribution in [3.63, 3.8) is 0 Å². The number of rotatable bonds is 7. The molecule has 8 heteroatoms. The highest BCUT2D eigenvalue weighted by Crippen LogP contribution is 2.20. The zero-order valence-corrected chi connectivity index (χ0v) is 12.3. The molecule has 22 heavy (non-hydrogen) atoms. The van der Waals surface area contributed by atoms with Crippen LogP contribution >= 0.6 is 0 Å². The van der Waals surface area contributed by atoms with E-state index in [1.54, 1.807) is 0 Å². The highest BCUT2D eigenvalue weighted by molar-refractivity contribution is 5.85. The summed E-state index contributed by atoms with van der Waals surface area (Å²) < 4.78 is 4.97. The lowest BCUT2D eigenvalue weighted by atomic mass is 9.91. The summed E-state index contributed by atoms with van der Waals surface area (Å²) in [4.78, 5) is 33.0. The molecule has 1 aromatic rings. The van der Waals surface area contributed by atoms with Gasteiger partial charge in [0.05, 0.1) is 10.8 Å². The van der Waals surface area contributed by atoms with Crippen molar-refractivity contribution in [2.45, 2.75) is 26.3 Å². The number of nitrogens with two attached hydrogens (primary N) is 1. The highest BCUT2D eigenvalue weighted by atomic mass is 16.6. The molecule has 0 saturated heterocycles. The Morgan fingerprint density at radius 3 is 2.27 bits per heavy atom. The number of ether oxygens (including phenoxy) is 1. The molecule has 0 fully saturated rings. The van der Waals surface area contributed by atoms with Gasteiger partial charge in [0.25, 0.3) is 5.69 Å². The van der Waals surface area contributed by atoms with Gasteiger partial charge in [0.2, 0.25) is 0 Å². The van der Waals surface area contributed by atoms with E-state index in [-0.39, 0.29) is 23.8 Å². The maximum atomic E-state index is 11.9. The van der Waals surface area contributed by atoms with E-state index in [0.29, 0.717) is 0 Å². The fourth-order valence-corrected chi connectivity index (χ4v) is 1.89. The predicted octanol–water partition coefficient (Wildman–Crippen LogP) is 1.57. The SMILES string of the molecule is CC(C)CC(C(=O)O)[C@H](N)C(=O)Oc1ccc([N+](=O)[O-])cc1. The van der Waals surface area contributed by atoms with Crippen molar-refractivity contribution in [3.05, 3.63) is 34.4 Å². The summed E-state index contributed by atoms with van der Waals surface area (Å²) in [5.41, 5.74) is 5.53. The summed E-state index contributed by atoms with van der Waals surface area (Å²) in [7, 11) is 0. The lowest BCUT2D eigenvalue weighted by molar-refractivity contribution is -0.384. The van der Waals surface area contributed by atoms with Crippen LogP contribution in [0.5, 0.6) is 5.75 Å². The van der Waals surface area contributed by atoms with E-state index in [4.69, 9.17) is 15.6 Å². The smallest absolute Gasteiger partial charge is 0.329 e. The third-order valence-corrected chi connectivity index (χ3v) is 3.01. The molecule has 1 rings (SSSR count). The minimum absolute atomic E-state index is 0.0549. The molecule has 0 aromatic heterocycles. The summed E-state index contributed by atoms with van der Waals surface area (Å²) in [6.07, 6.45) is 0.242. The molecule has 0 heterocycles. The average molecular weight is 310 g/mol. The Morgan fingerprint density at radius 1 is 1.32 bits per heavy atom. The molecule has 8 nitrogen and oxygen atoms in total. The van der Waals surface area contributed by atoms with Crippen LogP contribution in [0.1, 0.15) is 20.3 Å². The normalized spacial score (nSPS) is 13.5. The number of esters is 1. The summed E-state index contributed by atoms with van der Waals surface area (Å²) in [5, 5.41) is 19.7. The number of carbonyl (C=O) groups is 2. The van der Waals surface area contributed by atoms with E-state index in [1.165, 1.54) is 24.3 Å². The van der Waals surface area contributed by atoms with Gasteiger partial charge in [0.15, 0.2) is 0 Å². The molecule has 0 aliphatic heterocycles. The maximum Gasteiger partial charge on any atom is 0.329 e. The van der Waals surface area contributed by atoms with Gasteiger partial charge in [-0.25, -0.2) is 4.79 Å². The van der Waals surface area contributed by atoms with Crippen molar-refractivity contribution in [1.82, 2.24) is 0 Å². The van der Waals surface area contributed by atoms with Crippen molar-refractivity contribution in [3.8, 4) is 5.75 Å². The number of nitro groups is 1. The number of hydrogen-bond acceptors (Lipinski definition) is 6. The first kappa shape index (κ1) is 17.6. The Balaban J connectivity index is 2.77. The van der Waals surface area contributed by atoms with E-state index in [2.05, 4.69) is 0 Å². The van der Waals surface area contributed by atoms with E-state index in [1.807, 2.05) is 13.8 Å². The lowest BCUT2D eigenvalue weighted by Gasteiger charge is -2.20. The van der Waals surface area contributed by atoms with Gasteiger partial charge in [0.1, 0.15) is 11.8 Å². The van der Waals surface area contributed by atoms with Gasteiger partial charge in [-0.15, -0.1) is 0 Å². The van der Waals surface area contributed by atoms with Crippen LogP contribution in [0.2, 0.25) is 0 Å². The fraction of sp³-hybridized carbons (Fsp3) is 0.429. The molecule has 0 radical (unpaired) electrons. The van der Waals surface area contributed by atoms with Crippen molar-refractivity contribution >= 4 is 17.6 Å². The van der Waals surface area contributed by atoms with E-state index >= 15 is 0 Å². The molecule has 1 aromatic carbocycles. The number of nitrogens with zero attached hydrogens (tertiary/aromatic N) is 1. The predicted molar refractivity (Wildman–Crippen MR) is 77.3 cm³/mol. The second-order valence-corrected chi connectivity index (χ2v) is 5.27. The third kappa shape index (κ3) is 4.81. The van der Waals surface area contributed by atoms with Crippen LogP contribution in [0.4, 0.5) is 5.69 Å². The van der Waals surface area contributed by atoms with Crippen LogP contribution in [-0.4, -0.2) is 28.0 Å². The number of hydrogen-bond donors (Lipinski definition) is 2. The number of carbonyl (C=O) groups excluding carboxylic acids is 1. The van der Waals surface area contributed by atoms with Crippen molar-refractivity contribution < 1.29 is 24.4 Å². The van der Waals surface area contributed by atoms with E-state index < -0.39 is 28.8 Å². The second kappa shape index (κ2) is 7.51. The Hall–Kier alpha value is -2.48. The minimum atomic E-state index is -1.31. The molecular formula is C14H18N2O6. The summed E-state index contributed by atoms with van der Waals surface area (Å²) in [6, 6.07) is 3.55. The van der Waals surface area contributed by atoms with Gasteiger partial charge in [-0.3, -0.25) is 14.9 Å². The van der Waals surface area contributed by atoms with Crippen molar-refractivity contribution in [1.29, 1.82) is 0 Å². The zero-order chi connectivity index (χ0) is 16.9. The molecule has 3 N–H and O–H groups in total. The van der Waals surface area contributed by atoms with Gasteiger partial charge >= 0.3 is 11.9 Å². The molecule has 0 amide bonds. The molecule has 0 aliphatic rings. The highest BCUT2D eigenvalue weighted by Gasteiger charge is 2.32. The van der Waals surface area contributed by atoms with E-state index in [0.717, 1.165) is 0 Å². The molecule has 0 saturated carbocycles. The van der Waals surface area contributed by atoms with Gasteiger partial charge in [0, 0.05) is 12.1 Å². The number of benzene rings is 1. The fourth-order valence-electron chi connectivity index (χ4n) is 1.89. The van der Waals surface area contributed by atoms with Crippen LogP contribution in [0, 0.1) is 22.0 Å². The molecule has 2 atom stereocenters. The van der Waals surface area contributed by atoms with Crippen LogP contribution < -0.4 is 10.5 Å². The first-order chi connectivity index (χ1) is 10.2. The van der Waals surface area contributed by atoms with Crippen LogP contribution in [0.3, 0.4) is 0 Å². The molecular weight excluding hydrogens is 292 g/mol. The molecule has 120 valence electrons. The summed E-state index contributed by atoms with van der Waals surface area (Å²) in [6.45, 7) is 3.65. The Labute approximate surface area is 127 Å². The number of aliphatic carboxylic acids is 1. The van der Waals surface area contributed by atoms with Gasteiger partial charge in [-0.1, -0.05) is 13.8 Å². The van der Waals surface area contributed by atoms with E-state index in [9.17, 15) is 19.7 Å². The maximum absolute atomic E-state index is 11.9. The Bertz CT molecular complexity index is 555. The second-order valence-electron chi connectivity index (χ2n) is 5.27. The largest absolute Gasteiger partial charge is 0.481 e. The Morgan fingerprint density at radius 2 is 1.86 bits per heavy atom. The zero-order valence-electron chi connectivity index (χ0n) is 12.3. The van der Waals surface area contributed by atoms with Gasteiger partial charge in [-0.2, -0.15) is 0 Å². The molecule has 1 unspecified atom stereocenters. The third-order valence-electron chi connectivity index (χ3n) is 3.01. The van der Waals surface area contributed by atoms with Gasteiger partial charge in [-0.05, 0) is 24.5 Å². The summed E-state index contributed by atoms with van der Waals surface area (Å²) in [5.74, 6) is -2.98. The molecule has 0 bridgehead atoms. The lowest BCUT2D eigenvalue weighted by Crippen LogP contribution is -2.44. The number of nitro benzene ring substituents is 1. The first-order valence-electron chi connectivity index (χ1n) is 6.67. The number of carboxylic acid groups (broad SMARTS) is 1. The first-order valence-corrected chi connectivity index (χ1v) is 6.67. The number of non-ortho nitro benzene ring substituents is 1. The van der Waals surface area contributed by atoms with Crippen LogP contribution in [0.25, 0.3) is 0 Å². The van der Waals surface area contributed by atoms with Crippen molar-refractivity contribution in [2.24, 2.45) is 17.6 Å². The standard InChI is InChI=1S/C14H18N2O6/c1-8(2)7-11(13(17)18)12(15)14(19)22-10-5-3-9(4-6-10)16(20)21/h3-6,8,11-12H,7,15H2,1-2H3,(H,17,18)/t11?,12-/m0/s1. The minimum Gasteiger partial charge on any atom is -0.481 e. The average Bonchev–Trinajstić information content (AvgIpc) is 2.44. The topological polar surface area (TPSA) is 133 Å². The quantitative estimate of drug-likeness (QED) is 0.338. The summed E-state index contributed by atoms with van der Waals surface area (Å²) >= 11 is 0. The number of carboxylic acids is 1. The van der Waals surface area contributed by atoms with Crippen LogP contribution in [0.15, 0.2) is 24.3 Å². The van der Waals surface area contributed by atoms with Gasteiger partial charge < -0.3 is 15.6 Å². The monoisotopic (exact) mass is 310 g/mol. The molecule has 0 aliphatic carbocycles.